The van der Waals surface area contributed by atoms with Crippen molar-refractivity contribution in [1.82, 2.24) is 14.5 Å². The SMILES string of the molecule is Cc1ccc(C(=O)O)cc1-n1cnc2ccc(OCCN(C)C(C)C)cc2c1=O. The molecule has 29 heavy (non-hydrogen) atoms. The number of aromatic carboxylic acids is 1. The van der Waals surface area contributed by atoms with Gasteiger partial charge in [-0.2, -0.15) is 0 Å². The third-order valence-corrected chi connectivity index (χ3v) is 5.04. The van der Waals surface area contributed by atoms with Crippen LogP contribution in [-0.2, 0) is 0 Å². The molecule has 1 heterocycles. The zero-order valence-corrected chi connectivity index (χ0v) is 17.0. The number of aryl methyl sites for hydroxylation is 1. The van der Waals surface area contributed by atoms with Gasteiger partial charge in [-0.05, 0) is 63.7 Å². The zero-order chi connectivity index (χ0) is 21.1. The van der Waals surface area contributed by atoms with Gasteiger partial charge >= 0.3 is 5.97 Å². The summed E-state index contributed by atoms with van der Waals surface area (Å²) in [5.41, 5.74) is 1.68. The van der Waals surface area contributed by atoms with E-state index in [0.29, 0.717) is 35.0 Å². The summed E-state index contributed by atoms with van der Waals surface area (Å²) in [6.07, 6.45) is 1.43. The van der Waals surface area contributed by atoms with Gasteiger partial charge in [0.15, 0.2) is 0 Å². The van der Waals surface area contributed by atoms with E-state index in [1.165, 1.54) is 23.0 Å². The number of rotatable bonds is 7. The Bertz CT molecular complexity index is 1100. The Kier molecular flexibility index (Phi) is 5.98. The van der Waals surface area contributed by atoms with E-state index in [1.54, 1.807) is 24.3 Å². The summed E-state index contributed by atoms with van der Waals surface area (Å²) in [6.45, 7) is 7.34. The van der Waals surface area contributed by atoms with Crippen LogP contribution < -0.4 is 10.3 Å². The number of carboxylic acids is 1. The lowest BCUT2D eigenvalue weighted by Gasteiger charge is -2.20. The highest BCUT2D eigenvalue weighted by molar-refractivity contribution is 5.88. The van der Waals surface area contributed by atoms with Gasteiger partial charge in [0.2, 0.25) is 0 Å². The lowest BCUT2D eigenvalue weighted by molar-refractivity contribution is 0.0697. The first-order valence-corrected chi connectivity index (χ1v) is 9.46. The van der Waals surface area contributed by atoms with Crippen LogP contribution in [-0.4, -0.2) is 51.8 Å². The second-order valence-corrected chi connectivity index (χ2v) is 7.33. The first kappa shape index (κ1) is 20.5. The van der Waals surface area contributed by atoms with E-state index in [1.807, 2.05) is 14.0 Å². The minimum atomic E-state index is -1.05. The lowest BCUT2D eigenvalue weighted by atomic mass is 10.1. The van der Waals surface area contributed by atoms with Crippen LogP contribution in [0.1, 0.15) is 29.8 Å². The predicted octanol–water partition coefficient (Wildman–Crippen LogP) is 3.11. The highest BCUT2D eigenvalue weighted by atomic mass is 16.5. The molecule has 1 N–H and O–H groups in total. The standard InChI is InChI=1S/C22H25N3O4/c1-14(2)24(4)9-10-29-17-7-8-19-18(12-17)21(26)25(13-23-19)20-11-16(22(27)28)6-5-15(20)3/h5-8,11-14H,9-10H2,1-4H3,(H,27,28). The highest BCUT2D eigenvalue weighted by Crippen LogP contribution is 2.19. The molecule has 0 aliphatic heterocycles. The summed E-state index contributed by atoms with van der Waals surface area (Å²) in [5.74, 6) is -0.447. The van der Waals surface area contributed by atoms with E-state index in [-0.39, 0.29) is 11.1 Å². The normalized spacial score (nSPS) is 11.4. The summed E-state index contributed by atoms with van der Waals surface area (Å²) in [6, 6.07) is 10.3. The van der Waals surface area contributed by atoms with Crippen molar-refractivity contribution in [3.63, 3.8) is 0 Å². The van der Waals surface area contributed by atoms with Crippen molar-refractivity contribution in [2.24, 2.45) is 0 Å². The maximum Gasteiger partial charge on any atom is 0.335 e. The van der Waals surface area contributed by atoms with Gasteiger partial charge < -0.3 is 14.7 Å². The summed E-state index contributed by atoms with van der Waals surface area (Å²) in [7, 11) is 2.03. The maximum atomic E-state index is 13.1. The van der Waals surface area contributed by atoms with Crippen molar-refractivity contribution in [3.05, 3.63) is 64.2 Å². The third-order valence-electron chi connectivity index (χ3n) is 5.04. The number of hydrogen-bond donors (Lipinski definition) is 1. The fourth-order valence-corrected chi connectivity index (χ4v) is 2.93. The van der Waals surface area contributed by atoms with E-state index < -0.39 is 5.97 Å². The number of benzene rings is 2. The molecule has 3 aromatic rings. The van der Waals surface area contributed by atoms with Crippen molar-refractivity contribution in [2.75, 3.05) is 20.2 Å². The molecule has 0 bridgehead atoms. The molecule has 0 spiro atoms. The number of carbonyl (C=O) groups is 1. The van der Waals surface area contributed by atoms with Gasteiger partial charge in [-0.3, -0.25) is 9.36 Å². The van der Waals surface area contributed by atoms with Gasteiger partial charge in [-0.15, -0.1) is 0 Å². The molecule has 0 saturated heterocycles. The number of likely N-dealkylation sites (N-methyl/N-ethyl adjacent to an activating group) is 1. The number of carboxylic acid groups (broad SMARTS) is 1. The summed E-state index contributed by atoms with van der Waals surface area (Å²) >= 11 is 0. The number of aromatic nitrogens is 2. The third kappa shape index (κ3) is 4.46. The Morgan fingerprint density at radius 3 is 2.69 bits per heavy atom. The minimum Gasteiger partial charge on any atom is -0.492 e. The second kappa shape index (κ2) is 8.45. The van der Waals surface area contributed by atoms with Gasteiger partial charge in [0, 0.05) is 12.6 Å². The molecule has 7 nitrogen and oxygen atoms in total. The second-order valence-electron chi connectivity index (χ2n) is 7.33. The van der Waals surface area contributed by atoms with Gasteiger partial charge in [0.05, 0.1) is 22.2 Å². The smallest absolute Gasteiger partial charge is 0.335 e. The average Bonchev–Trinajstić information content (AvgIpc) is 2.69. The van der Waals surface area contributed by atoms with Crippen molar-refractivity contribution >= 4 is 16.9 Å². The summed E-state index contributed by atoms with van der Waals surface area (Å²) < 4.78 is 7.19. The van der Waals surface area contributed by atoms with Crippen molar-refractivity contribution in [3.8, 4) is 11.4 Å². The van der Waals surface area contributed by atoms with E-state index in [9.17, 15) is 14.7 Å². The first-order valence-electron chi connectivity index (χ1n) is 9.46. The molecule has 0 unspecified atom stereocenters. The lowest BCUT2D eigenvalue weighted by Crippen LogP contribution is -2.30. The molecule has 0 fully saturated rings. The zero-order valence-electron chi connectivity index (χ0n) is 17.0. The number of fused-ring (bicyclic) bond motifs is 1. The van der Waals surface area contributed by atoms with E-state index in [4.69, 9.17) is 4.74 Å². The number of nitrogens with zero attached hydrogens (tertiary/aromatic N) is 3. The molecule has 0 saturated carbocycles. The van der Waals surface area contributed by atoms with E-state index in [0.717, 1.165) is 12.1 Å². The predicted molar refractivity (Wildman–Crippen MR) is 112 cm³/mol. The summed E-state index contributed by atoms with van der Waals surface area (Å²) in [4.78, 5) is 30.9. The van der Waals surface area contributed by atoms with Crippen molar-refractivity contribution in [1.29, 1.82) is 0 Å². The Morgan fingerprint density at radius 1 is 1.24 bits per heavy atom. The maximum absolute atomic E-state index is 13.1. The van der Waals surface area contributed by atoms with E-state index >= 15 is 0 Å². The number of hydrogen-bond acceptors (Lipinski definition) is 5. The van der Waals surface area contributed by atoms with Gasteiger partial charge in [-0.25, -0.2) is 9.78 Å². The average molecular weight is 395 g/mol. The molecule has 0 aliphatic carbocycles. The Balaban J connectivity index is 1.96. The fraction of sp³-hybridized carbons (Fsp3) is 0.318. The van der Waals surface area contributed by atoms with Crippen molar-refractivity contribution in [2.45, 2.75) is 26.8 Å². The van der Waals surface area contributed by atoms with Crippen LogP contribution in [0.2, 0.25) is 0 Å². The topological polar surface area (TPSA) is 84.7 Å². The Hall–Kier alpha value is -3.19. The van der Waals surface area contributed by atoms with Crippen LogP contribution in [0.25, 0.3) is 16.6 Å². The van der Waals surface area contributed by atoms with Gasteiger partial charge in [0.25, 0.3) is 5.56 Å². The van der Waals surface area contributed by atoms with Crippen LogP contribution >= 0.6 is 0 Å². The van der Waals surface area contributed by atoms with Crippen molar-refractivity contribution < 1.29 is 14.6 Å². The van der Waals surface area contributed by atoms with E-state index in [2.05, 4.69) is 23.7 Å². The van der Waals surface area contributed by atoms with Crippen LogP contribution in [0.4, 0.5) is 0 Å². The highest BCUT2D eigenvalue weighted by Gasteiger charge is 2.12. The molecule has 0 atom stereocenters. The molecule has 0 amide bonds. The molecular weight excluding hydrogens is 370 g/mol. The quantitative estimate of drug-likeness (QED) is 0.662. The van der Waals surface area contributed by atoms with Gasteiger partial charge in [-0.1, -0.05) is 6.07 Å². The minimum absolute atomic E-state index is 0.115. The molecular formula is C22H25N3O4. The van der Waals surface area contributed by atoms with Crippen LogP contribution in [0.5, 0.6) is 5.75 Å². The Labute approximate surface area is 169 Å². The molecule has 1 aromatic heterocycles. The molecule has 0 aliphatic rings. The molecule has 2 aromatic carbocycles. The molecule has 0 radical (unpaired) electrons. The summed E-state index contributed by atoms with van der Waals surface area (Å²) in [5, 5.41) is 9.68. The fourth-order valence-electron chi connectivity index (χ4n) is 2.93. The van der Waals surface area contributed by atoms with Gasteiger partial charge in [0.1, 0.15) is 18.7 Å². The monoisotopic (exact) mass is 395 g/mol. The molecule has 7 heteroatoms. The Morgan fingerprint density at radius 2 is 2.00 bits per heavy atom. The largest absolute Gasteiger partial charge is 0.492 e. The molecule has 152 valence electrons. The van der Waals surface area contributed by atoms with Crippen LogP contribution in [0.15, 0.2) is 47.5 Å². The van der Waals surface area contributed by atoms with Crippen LogP contribution in [0.3, 0.4) is 0 Å². The number of ether oxygens (including phenoxy) is 1. The van der Waals surface area contributed by atoms with Crippen LogP contribution in [0, 0.1) is 6.92 Å². The molecule has 3 rings (SSSR count). The first-order chi connectivity index (χ1) is 13.8.